The minimum atomic E-state index is 0.442. The van der Waals surface area contributed by atoms with Gasteiger partial charge in [0.25, 0.3) is 0 Å². The summed E-state index contributed by atoms with van der Waals surface area (Å²) in [4.78, 5) is 0. The molecule has 1 aliphatic rings. The zero-order valence-electron chi connectivity index (χ0n) is 4.43. The molecule has 0 radical (unpaired) electrons. The normalized spacial score (nSPS) is 25.3. The van der Waals surface area contributed by atoms with E-state index in [2.05, 4.69) is 5.32 Å². The van der Waals surface area contributed by atoms with Gasteiger partial charge in [0.2, 0.25) is 0 Å². The molecule has 0 bridgehead atoms. The largest absolute Gasteiger partial charge is 0.662 e. The molecule has 2 N–H and O–H groups in total. The van der Waals surface area contributed by atoms with E-state index in [0.29, 0.717) is 6.04 Å². The Balaban J connectivity index is 2.12. The van der Waals surface area contributed by atoms with Crippen LogP contribution in [0.2, 0.25) is 0 Å². The fraction of sp³-hybridized carbons (Fsp3) is 1.00. The smallest absolute Gasteiger partial charge is 0.000601 e. The van der Waals surface area contributed by atoms with Gasteiger partial charge in [-0.3, -0.25) is 0 Å². The average molecular weight is 99.2 g/mol. The van der Waals surface area contributed by atoms with Gasteiger partial charge in [0.15, 0.2) is 0 Å². The summed E-state index contributed by atoms with van der Waals surface area (Å²) in [5, 5.41) is 4.15. The molecular weight excluding hydrogens is 88.1 g/mol. The lowest BCUT2D eigenvalue weighted by Gasteiger charge is -2.28. The summed E-state index contributed by atoms with van der Waals surface area (Å²) in [6, 6.07) is 0.442. The van der Waals surface area contributed by atoms with Crippen LogP contribution in [-0.4, -0.2) is 19.1 Å². The summed E-state index contributed by atoms with van der Waals surface area (Å²) in [7, 11) is 0. The van der Waals surface area contributed by atoms with Crippen molar-refractivity contribution < 1.29 is 0 Å². The van der Waals surface area contributed by atoms with E-state index in [0.717, 1.165) is 25.9 Å². The number of nitrogens with zero attached hydrogens (tertiary/aromatic N) is 1. The van der Waals surface area contributed by atoms with Crippen molar-refractivity contribution in [2.75, 3.05) is 13.1 Å². The molecule has 0 aromatic carbocycles. The van der Waals surface area contributed by atoms with Crippen molar-refractivity contribution in [1.82, 2.24) is 0 Å². The molecule has 42 valence electrons. The molecule has 0 unspecified atom stereocenters. The van der Waals surface area contributed by atoms with Crippen molar-refractivity contribution in [3.05, 3.63) is 5.32 Å². The van der Waals surface area contributed by atoms with E-state index < -0.39 is 0 Å². The predicted molar refractivity (Wildman–Crippen MR) is 30.3 cm³/mol. The molecule has 1 saturated heterocycles. The standard InChI is InChI=1S/C5H11N2/c6-5-1-3-7-4-2-5/h5H,1-4,6H2/q-1. The maximum Gasteiger partial charge on any atom is 0.000601 e. The Morgan fingerprint density at radius 2 is 1.86 bits per heavy atom. The summed E-state index contributed by atoms with van der Waals surface area (Å²) in [5.41, 5.74) is 5.57. The Morgan fingerprint density at radius 3 is 2.14 bits per heavy atom. The summed E-state index contributed by atoms with van der Waals surface area (Å²) in [5.74, 6) is 0. The quantitative estimate of drug-likeness (QED) is 0.471. The lowest BCUT2D eigenvalue weighted by atomic mass is 10.1. The minimum Gasteiger partial charge on any atom is -0.662 e. The first-order chi connectivity index (χ1) is 3.39. The van der Waals surface area contributed by atoms with Gasteiger partial charge in [-0.15, -0.1) is 13.1 Å². The Bertz CT molecular complexity index is 48.0. The van der Waals surface area contributed by atoms with Crippen LogP contribution < -0.4 is 5.73 Å². The SMILES string of the molecule is NC1CC[N-]CC1. The number of hydrogen-bond donors (Lipinski definition) is 1. The maximum absolute atomic E-state index is 5.57. The fourth-order valence-corrected chi connectivity index (χ4v) is 0.770. The molecule has 2 heteroatoms. The van der Waals surface area contributed by atoms with Gasteiger partial charge in [-0.1, -0.05) is 12.8 Å². The van der Waals surface area contributed by atoms with E-state index >= 15 is 0 Å². The third-order valence-electron chi connectivity index (χ3n) is 1.32. The molecule has 1 rings (SSSR count). The highest BCUT2D eigenvalue weighted by Crippen LogP contribution is 2.06. The number of hydrogen-bond acceptors (Lipinski definition) is 1. The van der Waals surface area contributed by atoms with E-state index in [4.69, 9.17) is 5.73 Å². The molecule has 0 aromatic rings. The number of piperidine rings is 1. The van der Waals surface area contributed by atoms with Gasteiger partial charge >= 0.3 is 0 Å². The van der Waals surface area contributed by atoms with Crippen LogP contribution in [0.25, 0.3) is 5.32 Å². The molecule has 0 aromatic heterocycles. The fourth-order valence-electron chi connectivity index (χ4n) is 0.770. The van der Waals surface area contributed by atoms with Crippen LogP contribution in [0.3, 0.4) is 0 Å². The Kier molecular flexibility index (Phi) is 1.65. The average Bonchev–Trinajstić information content (AvgIpc) is 1.69. The monoisotopic (exact) mass is 99.1 g/mol. The van der Waals surface area contributed by atoms with Gasteiger partial charge in [0.05, 0.1) is 0 Å². The van der Waals surface area contributed by atoms with Crippen LogP contribution in [0.1, 0.15) is 12.8 Å². The van der Waals surface area contributed by atoms with E-state index in [-0.39, 0.29) is 0 Å². The zero-order valence-corrected chi connectivity index (χ0v) is 4.43. The lowest BCUT2D eigenvalue weighted by Crippen LogP contribution is -2.25. The van der Waals surface area contributed by atoms with Gasteiger partial charge in [0.1, 0.15) is 0 Å². The molecular formula is C5H11N2-. The topological polar surface area (TPSA) is 40.1 Å². The summed E-state index contributed by atoms with van der Waals surface area (Å²) in [6.45, 7) is 1.97. The Morgan fingerprint density at radius 1 is 1.29 bits per heavy atom. The second-order valence-corrected chi connectivity index (χ2v) is 2.01. The number of rotatable bonds is 0. The van der Waals surface area contributed by atoms with E-state index in [1.165, 1.54) is 0 Å². The van der Waals surface area contributed by atoms with Crippen molar-refractivity contribution in [3.63, 3.8) is 0 Å². The number of nitrogens with two attached hydrogens (primary N) is 1. The first-order valence-corrected chi connectivity index (χ1v) is 2.78. The van der Waals surface area contributed by atoms with Crippen LogP contribution in [0, 0.1) is 0 Å². The van der Waals surface area contributed by atoms with Gasteiger partial charge in [-0.05, 0) is 0 Å². The van der Waals surface area contributed by atoms with Crippen LogP contribution >= 0.6 is 0 Å². The minimum absolute atomic E-state index is 0.442. The van der Waals surface area contributed by atoms with E-state index in [1.54, 1.807) is 0 Å². The summed E-state index contributed by atoms with van der Waals surface area (Å²) >= 11 is 0. The molecule has 1 fully saturated rings. The van der Waals surface area contributed by atoms with Gasteiger partial charge < -0.3 is 11.1 Å². The molecule has 0 spiro atoms. The second kappa shape index (κ2) is 2.28. The van der Waals surface area contributed by atoms with Crippen LogP contribution in [0.4, 0.5) is 0 Å². The molecule has 0 aliphatic carbocycles. The highest BCUT2D eigenvalue weighted by molar-refractivity contribution is 4.88. The summed E-state index contributed by atoms with van der Waals surface area (Å²) < 4.78 is 0. The van der Waals surface area contributed by atoms with Gasteiger partial charge in [-0.25, -0.2) is 0 Å². The second-order valence-electron chi connectivity index (χ2n) is 2.01. The first-order valence-electron chi connectivity index (χ1n) is 2.78. The van der Waals surface area contributed by atoms with E-state index in [1.807, 2.05) is 0 Å². The molecule has 1 heterocycles. The van der Waals surface area contributed by atoms with Crippen molar-refractivity contribution in [1.29, 1.82) is 0 Å². The Labute approximate surface area is 44.1 Å². The van der Waals surface area contributed by atoms with Crippen molar-refractivity contribution in [2.45, 2.75) is 18.9 Å². The highest BCUT2D eigenvalue weighted by Gasteiger charge is 1.98. The first kappa shape index (κ1) is 5.06. The molecule has 0 amide bonds. The zero-order chi connectivity index (χ0) is 5.11. The highest BCUT2D eigenvalue weighted by atomic mass is 14.9. The molecule has 2 nitrogen and oxygen atoms in total. The third kappa shape index (κ3) is 1.45. The van der Waals surface area contributed by atoms with Crippen LogP contribution in [0.15, 0.2) is 0 Å². The van der Waals surface area contributed by atoms with Gasteiger partial charge in [-0.2, -0.15) is 0 Å². The lowest BCUT2D eigenvalue weighted by molar-refractivity contribution is 0.562. The molecule has 7 heavy (non-hydrogen) atoms. The Hall–Kier alpha value is -0.0800. The third-order valence-corrected chi connectivity index (χ3v) is 1.32. The predicted octanol–water partition coefficient (Wildman–Crippen LogP) is 0.481. The molecule has 0 saturated carbocycles. The summed E-state index contributed by atoms with van der Waals surface area (Å²) in [6.07, 6.45) is 2.19. The molecule has 0 atom stereocenters. The van der Waals surface area contributed by atoms with Crippen molar-refractivity contribution >= 4 is 0 Å². The van der Waals surface area contributed by atoms with Gasteiger partial charge in [0, 0.05) is 6.04 Å². The maximum atomic E-state index is 5.57. The van der Waals surface area contributed by atoms with Crippen LogP contribution in [-0.2, 0) is 0 Å². The van der Waals surface area contributed by atoms with Crippen molar-refractivity contribution in [2.24, 2.45) is 5.73 Å². The van der Waals surface area contributed by atoms with E-state index in [9.17, 15) is 0 Å². The van der Waals surface area contributed by atoms with Crippen LogP contribution in [0.5, 0.6) is 0 Å². The molecule has 1 aliphatic heterocycles. The van der Waals surface area contributed by atoms with Crippen molar-refractivity contribution in [3.8, 4) is 0 Å².